The summed E-state index contributed by atoms with van der Waals surface area (Å²) in [7, 11) is 0. The van der Waals surface area contributed by atoms with E-state index in [9.17, 15) is 9.59 Å². The van der Waals surface area contributed by atoms with Crippen LogP contribution in [0.25, 0.3) is 0 Å². The van der Waals surface area contributed by atoms with Crippen molar-refractivity contribution in [3.05, 3.63) is 32.1 Å². The number of hydrogen-bond donors (Lipinski definition) is 1. The van der Waals surface area contributed by atoms with Crippen molar-refractivity contribution < 1.29 is 0 Å². The maximum atomic E-state index is 11.4. The molecular formula is C8H9ClN2O2. The van der Waals surface area contributed by atoms with Crippen LogP contribution in [0.2, 0.25) is 5.15 Å². The first-order valence-electron chi connectivity index (χ1n) is 4.05. The molecule has 1 heterocycles. The maximum absolute atomic E-state index is 11.4. The second-order valence-electron chi connectivity index (χ2n) is 3.59. The van der Waals surface area contributed by atoms with E-state index in [1.807, 2.05) is 6.92 Å². The largest absolute Gasteiger partial charge is 0.329 e. The number of nitrogens with one attached hydrogen (secondary N) is 1. The molecule has 1 saturated carbocycles. The van der Waals surface area contributed by atoms with Crippen molar-refractivity contribution >= 4 is 11.6 Å². The van der Waals surface area contributed by atoms with Gasteiger partial charge in [0.15, 0.2) is 0 Å². The van der Waals surface area contributed by atoms with Gasteiger partial charge in [0, 0.05) is 6.07 Å². The van der Waals surface area contributed by atoms with E-state index in [0.717, 1.165) is 12.8 Å². The molecule has 1 aromatic heterocycles. The van der Waals surface area contributed by atoms with Gasteiger partial charge in [-0.3, -0.25) is 14.3 Å². The molecule has 0 bridgehead atoms. The van der Waals surface area contributed by atoms with Crippen molar-refractivity contribution in [1.29, 1.82) is 0 Å². The fourth-order valence-electron chi connectivity index (χ4n) is 1.38. The highest BCUT2D eigenvalue weighted by Gasteiger charge is 2.41. The normalized spacial score (nSPS) is 18.6. The molecule has 1 aliphatic rings. The lowest BCUT2D eigenvalue weighted by atomic mass is 10.3. The average Bonchev–Trinajstić information content (AvgIpc) is 2.65. The maximum Gasteiger partial charge on any atom is 0.329 e. The Morgan fingerprint density at radius 3 is 2.62 bits per heavy atom. The van der Waals surface area contributed by atoms with Gasteiger partial charge in [-0.1, -0.05) is 11.6 Å². The Bertz CT molecular complexity index is 425. The third kappa shape index (κ3) is 1.31. The fraction of sp³-hybridized carbons (Fsp3) is 0.500. The lowest BCUT2D eigenvalue weighted by molar-refractivity contribution is 0.486. The van der Waals surface area contributed by atoms with E-state index in [0.29, 0.717) is 0 Å². The Balaban J connectivity index is 2.71. The van der Waals surface area contributed by atoms with E-state index in [2.05, 4.69) is 4.98 Å². The third-order valence-electron chi connectivity index (χ3n) is 2.41. The zero-order valence-electron chi connectivity index (χ0n) is 7.13. The van der Waals surface area contributed by atoms with Crippen molar-refractivity contribution in [2.75, 3.05) is 0 Å². The van der Waals surface area contributed by atoms with E-state index in [4.69, 9.17) is 11.6 Å². The summed E-state index contributed by atoms with van der Waals surface area (Å²) in [6, 6.07) is 1.23. The molecule has 0 unspecified atom stereocenters. The number of rotatable bonds is 1. The van der Waals surface area contributed by atoms with Crippen LogP contribution in [0.1, 0.15) is 19.8 Å². The summed E-state index contributed by atoms with van der Waals surface area (Å²) < 4.78 is 1.23. The van der Waals surface area contributed by atoms with E-state index >= 15 is 0 Å². The van der Waals surface area contributed by atoms with Gasteiger partial charge in [-0.25, -0.2) is 4.79 Å². The minimum Gasteiger partial charge on any atom is -0.298 e. The molecular weight excluding hydrogens is 192 g/mol. The summed E-state index contributed by atoms with van der Waals surface area (Å²) in [6.45, 7) is 1.89. The summed E-state index contributed by atoms with van der Waals surface area (Å²) in [5.74, 6) is 0. The quantitative estimate of drug-likeness (QED) is 0.679. The van der Waals surface area contributed by atoms with Crippen LogP contribution in [0.15, 0.2) is 15.7 Å². The number of H-pyrrole nitrogens is 1. The highest BCUT2D eigenvalue weighted by Crippen LogP contribution is 2.40. The second-order valence-corrected chi connectivity index (χ2v) is 4.00. The molecule has 1 aromatic rings. The van der Waals surface area contributed by atoms with Gasteiger partial charge in [-0.2, -0.15) is 0 Å². The molecule has 4 nitrogen and oxygen atoms in total. The van der Waals surface area contributed by atoms with Crippen molar-refractivity contribution in [1.82, 2.24) is 9.55 Å². The van der Waals surface area contributed by atoms with Crippen LogP contribution in [-0.4, -0.2) is 9.55 Å². The number of aromatic amines is 1. The molecule has 0 amide bonds. The van der Waals surface area contributed by atoms with Crippen molar-refractivity contribution in [3.8, 4) is 0 Å². The first-order chi connectivity index (χ1) is 6.03. The van der Waals surface area contributed by atoms with Gasteiger partial charge in [-0.05, 0) is 19.8 Å². The Morgan fingerprint density at radius 1 is 1.54 bits per heavy atom. The molecule has 1 N–H and O–H groups in total. The molecule has 0 radical (unpaired) electrons. The van der Waals surface area contributed by atoms with Gasteiger partial charge in [0.2, 0.25) is 0 Å². The van der Waals surface area contributed by atoms with Crippen molar-refractivity contribution in [2.45, 2.75) is 25.3 Å². The molecule has 70 valence electrons. The zero-order chi connectivity index (χ0) is 9.64. The Labute approximate surface area is 79.2 Å². The number of nitrogens with zero attached hydrogens (tertiary/aromatic N) is 1. The van der Waals surface area contributed by atoms with Crippen LogP contribution in [0.5, 0.6) is 0 Å². The summed E-state index contributed by atoms with van der Waals surface area (Å²) in [6.07, 6.45) is 1.75. The minimum absolute atomic E-state index is 0.0931. The molecule has 0 aromatic carbocycles. The van der Waals surface area contributed by atoms with Gasteiger partial charge >= 0.3 is 5.69 Å². The number of hydrogen-bond acceptors (Lipinski definition) is 2. The number of halogens is 1. The van der Waals surface area contributed by atoms with Gasteiger partial charge in [0.05, 0.1) is 5.54 Å². The van der Waals surface area contributed by atoms with E-state index in [1.165, 1.54) is 10.6 Å². The van der Waals surface area contributed by atoms with Crippen LogP contribution in [0, 0.1) is 0 Å². The lowest BCUT2D eigenvalue weighted by Crippen LogP contribution is -2.40. The van der Waals surface area contributed by atoms with Crippen molar-refractivity contribution in [2.24, 2.45) is 0 Å². The fourth-order valence-corrected chi connectivity index (χ4v) is 1.56. The van der Waals surface area contributed by atoms with Crippen LogP contribution in [-0.2, 0) is 5.54 Å². The molecule has 0 atom stereocenters. The van der Waals surface area contributed by atoms with E-state index in [1.54, 1.807) is 0 Å². The first-order valence-corrected chi connectivity index (χ1v) is 4.43. The molecule has 2 rings (SSSR count). The standard InChI is InChI=1S/C8H9ClN2O2/c1-8(2-3-8)11-6(12)4-5(9)10-7(11)13/h4H,2-3H2,1H3,(H,10,13). The molecule has 13 heavy (non-hydrogen) atoms. The molecule has 0 aliphatic heterocycles. The molecule has 0 saturated heterocycles. The SMILES string of the molecule is CC1(n2c(=O)cc(Cl)[nH]c2=O)CC1. The Kier molecular flexibility index (Phi) is 1.63. The smallest absolute Gasteiger partial charge is 0.298 e. The summed E-state index contributed by atoms with van der Waals surface area (Å²) in [4.78, 5) is 25.2. The summed E-state index contributed by atoms with van der Waals surface area (Å²) in [5, 5.41) is 0.0931. The topological polar surface area (TPSA) is 54.9 Å². The van der Waals surface area contributed by atoms with Crippen LogP contribution in [0.4, 0.5) is 0 Å². The predicted molar refractivity (Wildman–Crippen MR) is 49.2 cm³/mol. The van der Waals surface area contributed by atoms with Crippen molar-refractivity contribution in [3.63, 3.8) is 0 Å². The monoisotopic (exact) mass is 200 g/mol. The second kappa shape index (κ2) is 2.48. The average molecular weight is 201 g/mol. The third-order valence-corrected chi connectivity index (χ3v) is 2.62. The molecule has 1 aliphatic carbocycles. The first kappa shape index (κ1) is 8.56. The molecule has 0 spiro atoms. The lowest BCUT2D eigenvalue weighted by Gasteiger charge is -2.10. The van der Waals surface area contributed by atoms with Crippen LogP contribution < -0.4 is 11.2 Å². The number of aromatic nitrogens is 2. The zero-order valence-corrected chi connectivity index (χ0v) is 7.89. The van der Waals surface area contributed by atoms with Gasteiger partial charge in [0.1, 0.15) is 5.15 Å². The van der Waals surface area contributed by atoms with Gasteiger partial charge < -0.3 is 0 Å². The molecule has 1 fully saturated rings. The minimum atomic E-state index is -0.419. The molecule has 5 heteroatoms. The van der Waals surface area contributed by atoms with Crippen LogP contribution >= 0.6 is 11.6 Å². The Morgan fingerprint density at radius 2 is 2.15 bits per heavy atom. The summed E-state index contributed by atoms with van der Waals surface area (Å²) >= 11 is 5.52. The van der Waals surface area contributed by atoms with Gasteiger partial charge in [-0.15, -0.1) is 0 Å². The van der Waals surface area contributed by atoms with E-state index in [-0.39, 0.29) is 16.3 Å². The highest BCUT2D eigenvalue weighted by atomic mass is 35.5. The summed E-state index contributed by atoms with van der Waals surface area (Å²) in [5.41, 5.74) is -1.03. The van der Waals surface area contributed by atoms with E-state index < -0.39 is 5.69 Å². The van der Waals surface area contributed by atoms with Gasteiger partial charge in [0.25, 0.3) is 5.56 Å². The van der Waals surface area contributed by atoms with Crippen LogP contribution in [0.3, 0.4) is 0 Å². The predicted octanol–water partition coefficient (Wildman–Crippen LogP) is 0.699. The highest BCUT2D eigenvalue weighted by molar-refractivity contribution is 6.29. The Hall–Kier alpha value is -1.03.